The molecule has 1 rings (SSSR count). The fraction of sp³-hybridized carbons (Fsp3) is 0.583. The van der Waals surface area contributed by atoms with Crippen LogP contribution in [0.15, 0.2) is 12.5 Å². The first-order chi connectivity index (χ1) is 7.72. The molecule has 1 aromatic rings. The maximum absolute atomic E-state index is 12.0. The van der Waals surface area contributed by atoms with E-state index in [2.05, 4.69) is 4.98 Å². The Labute approximate surface area is 101 Å². The van der Waals surface area contributed by atoms with Crippen LogP contribution in [-0.2, 0) is 16.6 Å². The Hall–Kier alpha value is -1.65. The Morgan fingerprint density at radius 2 is 2.00 bits per heavy atom. The average Bonchev–Trinajstić information content (AvgIpc) is 2.59. The lowest BCUT2D eigenvalue weighted by molar-refractivity contribution is -0.157. The number of ketones is 1. The van der Waals surface area contributed by atoms with Crippen molar-refractivity contribution in [3.05, 3.63) is 18.2 Å². The Balaban J connectivity index is 2.78. The third-order valence-corrected chi connectivity index (χ3v) is 2.22. The van der Waals surface area contributed by atoms with Crippen LogP contribution in [0.3, 0.4) is 0 Å². The molecule has 0 aliphatic heterocycles. The van der Waals surface area contributed by atoms with E-state index in [1.165, 1.54) is 12.5 Å². The maximum atomic E-state index is 12.0. The summed E-state index contributed by atoms with van der Waals surface area (Å²) in [7, 11) is 1.71. The lowest BCUT2D eigenvalue weighted by Gasteiger charge is -2.21. The fourth-order valence-corrected chi connectivity index (χ4v) is 1.31. The molecule has 5 heteroatoms. The van der Waals surface area contributed by atoms with Crippen molar-refractivity contribution in [2.75, 3.05) is 0 Å². The van der Waals surface area contributed by atoms with E-state index in [0.717, 1.165) is 0 Å². The highest BCUT2D eigenvalue weighted by molar-refractivity contribution is 6.07. The predicted molar refractivity (Wildman–Crippen MR) is 62.5 cm³/mol. The Morgan fingerprint density at radius 3 is 2.41 bits per heavy atom. The minimum absolute atomic E-state index is 0.278. The molecule has 1 heterocycles. The third kappa shape index (κ3) is 3.41. The molecular weight excluding hydrogens is 220 g/mol. The van der Waals surface area contributed by atoms with E-state index in [9.17, 15) is 9.59 Å². The molecule has 0 spiro atoms. The molecule has 0 saturated heterocycles. The van der Waals surface area contributed by atoms with Crippen LogP contribution in [0.4, 0.5) is 0 Å². The monoisotopic (exact) mass is 238 g/mol. The van der Waals surface area contributed by atoms with E-state index in [4.69, 9.17) is 4.74 Å². The Morgan fingerprint density at radius 1 is 1.41 bits per heavy atom. The average molecular weight is 238 g/mol. The number of hydrogen-bond donors (Lipinski definition) is 0. The standard InChI is InChI=1S/C12H18N2O3/c1-8(11(16)17-12(2,3)4)10(15)9-6-13-7-14(9)5/h6-8H,1-5H3. The van der Waals surface area contributed by atoms with Gasteiger partial charge < -0.3 is 9.30 Å². The molecule has 0 radical (unpaired) electrons. The summed E-state index contributed by atoms with van der Waals surface area (Å²) in [6.45, 7) is 6.86. The topological polar surface area (TPSA) is 61.2 Å². The van der Waals surface area contributed by atoms with Crippen molar-refractivity contribution in [2.24, 2.45) is 13.0 Å². The lowest BCUT2D eigenvalue weighted by atomic mass is 10.0. The molecule has 5 nitrogen and oxygen atoms in total. The number of carbonyl (C=O) groups is 2. The summed E-state index contributed by atoms with van der Waals surface area (Å²) in [5, 5.41) is 0. The van der Waals surface area contributed by atoms with Crippen molar-refractivity contribution in [2.45, 2.75) is 33.3 Å². The van der Waals surface area contributed by atoms with Crippen molar-refractivity contribution in [3.63, 3.8) is 0 Å². The van der Waals surface area contributed by atoms with Gasteiger partial charge in [0.25, 0.3) is 0 Å². The van der Waals surface area contributed by atoms with Crippen LogP contribution in [-0.4, -0.2) is 26.9 Å². The van der Waals surface area contributed by atoms with Gasteiger partial charge in [-0.15, -0.1) is 0 Å². The van der Waals surface area contributed by atoms with E-state index < -0.39 is 17.5 Å². The number of rotatable bonds is 3. The van der Waals surface area contributed by atoms with Crippen molar-refractivity contribution in [1.82, 2.24) is 9.55 Å². The zero-order chi connectivity index (χ0) is 13.2. The summed E-state index contributed by atoms with van der Waals surface area (Å²) >= 11 is 0. The predicted octanol–water partition coefficient (Wildman–Crippen LogP) is 1.58. The first-order valence-electron chi connectivity index (χ1n) is 5.46. The lowest BCUT2D eigenvalue weighted by Crippen LogP contribution is -2.31. The maximum Gasteiger partial charge on any atom is 0.317 e. The summed E-state index contributed by atoms with van der Waals surface area (Å²) in [6, 6.07) is 0. The molecule has 0 bridgehead atoms. The van der Waals surface area contributed by atoms with E-state index in [-0.39, 0.29) is 5.78 Å². The molecule has 94 valence electrons. The number of aryl methyl sites for hydroxylation is 1. The van der Waals surface area contributed by atoms with Crippen LogP contribution in [0.5, 0.6) is 0 Å². The van der Waals surface area contributed by atoms with Gasteiger partial charge in [0.15, 0.2) is 5.78 Å². The van der Waals surface area contributed by atoms with E-state index in [0.29, 0.717) is 5.69 Å². The van der Waals surface area contributed by atoms with E-state index in [1.807, 2.05) is 0 Å². The second kappa shape index (κ2) is 4.69. The van der Waals surface area contributed by atoms with Gasteiger partial charge in [-0.2, -0.15) is 0 Å². The van der Waals surface area contributed by atoms with Gasteiger partial charge >= 0.3 is 5.97 Å². The molecule has 1 atom stereocenters. The second-order valence-electron chi connectivity index (χ2n) is 5.01. The van der Waals surface area contributed by atoms with Gasteiger partial charge in [0, 0.05) is 7.05 Å². The number of nitrogens with zero attached hydrogens (tertiary/aromatic N) is 2. The number of carbonyl (C=O) groups excluding carboxylic acids is 2. The molecule has 0 aromatic carbocycles. The molecule has 1 unspecified atom stereocenters. The van der Waals surface area contributed by atoms with Crippen molar-refractivity contribution in [1.29, 1.82) is 0 Å². The number of esters is 1. The summed E-state index contributed by atoms with van der Waals surface area (Å²) in [5.41, 5.74) is -0.179. The first-order valence-corrected chi connectivity index (χ1v) is 5.46. The molecule has 0 N–H and O–H groups in total. The zero-order valence-corrected chi connectivity index (χ0v) is 10.9. The third-order valence-electron chi connectivity index (χ3n) is 2.22. The van der Waals surface area contributed by atoms with Crippen LogP contribution in [0, 0.1) is 5.92 Å². The SMILES string of the molecule is CC(C(=O)OC(C)(C)C)C(=O)c1cncn1C. The molecule has 17 heavy (non-hydrogen) atoms. The molecular formula is C12H18N2O3. The van der Waals surface area contributed by atoms with E-state index >= 15 is 0 Å². The minimum atomic E-state index is -0.815. The van der Waals surface area contributed by atoms with Gasteiger partial charge in [-0.3, -0.25) is 9.59 Å². The Bertz CT molecular complexity index is 429. The molecule has 0 amide bonds. The Kier molecular flexibility index (Phi) is 3.70. The van der Waals surface area contributed by atoms with Gasteiger partial charge in [0.1, 0.15) is 17.2 Å². The summed E-state index contributed by atoms with van der Waals surface area (Å²) in [4.78, 5) is 27.6. The van der Waals surface area contributed by atoms with Gasteiger partial charge in [0.05, 0.1) is 12.5 Å². The van der Waals surface area contributed by atoms with Crippen LogP contribution < -0.4 is 0 Å². The number of imidazole rings is 1. The number of ether oxygens (including phenoxy) is 1. The summed E-state index contributed by atoms with van der Waals surface area (Å²) < 4.78 is 6.76. The summed E-state index contributed by atoms with van der Waals surface area (Å²) in [5.74, 6) is -1.60. The first kappa shape index (κ1) is 13.4. The highest BCUT2D eigenvalue weighted by Crippen LogP contribution is 2.14. The van der Waals surface area contributed by atoms with Crippen LogP contribution in [0.2, 0.25) is 0 Å². The highest BCUT2D eigenvalue weighted by Gasteiger charge is 2.29. The molecule has 1 aromatic heterocycles. The normalized spacial score (nSPS) is 13.2. The smallest absolute Gasteiger partial charge is 0.317 e. The van der Waals surface area contributed by atoms with Gasteiger partial charge in [-0.1, -0.05) is 0 Å². The summed E-state index contributed by atoms with van der Waals surface area (Å²) in [6.07, 6.45) is 2.97. The largest absolute Gasteiger partial charge is 0.459 e. The quantitative estimate of drug-likeness (QED) is 0.455. The second-order valence-corrected chi connectivity index (χ2v) is 5.01. The molecule has 0 aliphatic carbocycles. The number of Topliss-reactive ketones (excluding diaryl/α,β-unsaturated/α-hetero) is 1. The van der Waals surface area contributed by atoms with Crippen molar-refractivity contribution < 1.29 is 14.3 Å². The van der Waals surface area contributed by atoms with Crippen molar-refractivity contribution in [3.8, 4) is 0 Å². The molecule has 0 saturated carbocycles. The van der Waals surface area contributed by atoms with E-state index in [1.54, 1.807) is 39.3 Å². The van der Waals surface area contributed by atoms with Crippen LogP contribution in [0.25, 0.3) is 0 Å². The van der Waals surface area contributed by atoms with Crippen molar-refractivity contribution >= 4 is 11.8 Å². The van der Waals surface area contributed by atoms with Gasteiger partial charge in [0.2, 0.25) is 0 Å². The molecule has 0 aliphatic rings. The number of aromatic nitrogens is 2. The van der Waals surface area contributed by atoms with Gasteiger partial charge in [-0.05, 0) is 27.7 Å². The van der Waals surface area contributed by atoms with Gasteiger partial charge in [-0.25, -0.2) is 4.98 Å². The number of hydrogen-bond acceptors (Lipinski definition) is 4. The highest BCUT2D eigenvalue weighted by atomic mass is 16.6. The van der Waals surface area contributed by atoms with Crippen LogP contribution >= 0.6 is 0 Å². The zero-order valence-electron chi connectivity index (χ0n) is 10.9. The fourth-order valence-electron chi connectivity index (χ4n) is 1.31. The van der Waals surface area contributed by atoms with Crippen LogP contribution in [0.1, 0.15) is 38.2 Å². The minimum Gasteiger partial charge on any atom is -0.459 e. The molecule has 0 fully saturated rings.